The summed E-state index contributed by atoms with van der Waals surface area (Å²) in [7, 11) is 2.08. The van der Waals surface area contributed by atoms with E-state index in [1.165, 1.54) is 12.8 Å². The van der Waals surface area contributed by atoms with Gasteiger partial charge in [-0.15, -0.1) is 0 Å². The van der Waals surface area contributed by atoms with Crippen molar-refractivity contribution in [2.24, 2.45) is 11.3 Å². The predicted molar refractivity (Wildman–Crippen MR) is 56.4 cm³/mol. The zero-order valence-corrected chi connectivity index (χ0v) is 9.57. The van der Waals surface area contributed by atoms with Gasteiger partial charge in [-0.05, 0) is 24.8 Å². The van der Waals surface area contributed by atoms with Crippen LogP contribution in [0.2, 0.25) is 0 Å². The van der Waals surface area contributed by atoms with Crippen molar-refractivity contribution in [2.45, 2.75) is 53.5 Å². The predicted octanol–water partition coefficient (Wildman–Crippen LogP) is 3.06. The molecule has 2 atom stereocenters. The summed E-state index contributed by atoms with van der Waals surface area (Å²) in [4.78, 5) is 0. The van der Waals surface area contributed by atoms with E-state index in [0.29, 0.717) is 11.5 Å². The molecule has 0 saturated heterocycles. The van der Waals surface area contributed by atoms with Crippen LogP contribution in [-0.4, -0.2) is 13.1 Å². The maximum atomic E-state index is 3.44. The highest BCUT2D eigenvalue weighted by Crippen LogP contribution is 2.30. The van der Waals surface area contributed by atoms with Crippen molar-refractivity contribution in [2.75, 3.05) is 7.05 Å². The van der Waals surface area contributed by atoms with Gasteiger partial charge in [0.2, 0.25) is 0 Å². The summed E-state index contributed by atoms with van der Waals surface area (Å²) in [6, 6.07) is 0.646. The smallest absolute Gasteiger partial charge is 0.0141 e. The summed E-state index contributed by atoms with van der Waals surface area (Å²) in [5.41, 5.74) is 0.421. The molecule has 0 saturated carbocycles. The number of rotatable bonds is 5. The van der Waals surface area contributed by atoms with Crippen molar-refractivity contribution in [3.8, 4) is 0 Å². The molecular formula is C11H25N. The minimum Gasteiger partial charge on any atom is -0.316 e. The standard InChI is InChI=1S/C11H25N/c1-7-9(3)10(12-6)11(4,5)8-2/h9-10,12H,7-8H2,1-6H3. The molecule has 12 heavy (non-hydrogen) atoms. The van der Waals surface area contributed by atoms with Crippen molar-refractivity contribution < 1.29 is 0 Å². The normalized spacial score (nSPS) is 17.5. The lowest BCUT2D eigenvalue weighted by atomic mass is 9.75. The highest BCUT2D eigenvalue weighted by atomic mass is 14.9. The highest BCUT2D eigenvalue weighted by Gasteiger charge is 2.29. The third-order valence-corrected chi connectivity index (χ3v) is 3.28. The molecule has 0 spiro atoms. The Bertz CT molecular complexity index is 118. The summed E-state index contributed by atoms with van der Waals surface area (Å²) in [6.45, 7) is 11.6. The van der Waals surface area contributed by atoms with Crippen LogP contribution >= 0.6 is 0 Å². The molecule has 0 bridgehead atoms. The Labute approximate surface area is 77.9 Å². The summed E-state index contributed by atoms with van der Waals surface area (Å²) in [6.07, 6.45) is 2.50. The van der Waals surface area contributed by atoms with Gasteiger partial charge in [-0.1, -0.05) is 41.0 Å². The van der Waals surface area contributed by atoms with Gasteiger partial charge in [-0.25, -0.2) is 0 Å². The van der Waals surface area contributed by atoms with E-state index in [-0.39, 0.29) is 0 Å². The van der Waals surface area contributed by atoms with Gasteiger partial charge in [0.1, 0.15) is 0 Å². The maximum Gasteiger partial charge on any atom is 0.0141 e. The zero-order valence-electron chi connectivity index (χ0n) is 9.57. The van der Waals surface area contributed by atoms with E-state index in [2.05, 4.69) is 47.0 Å². The molecular weight excluding hydrogens is 146 g/mol. The molecule has 0 fully saturated rings. The minimum atomic E-state index is 0.421. The molecule has 0 aliphatic heterocycles. The fraction of sp³-hybridized carbons (Fsp3) is 1.00. The molecule has 0 heterocycles. The van der Waals surface area contributed by atoms with Gasteiger partial charge in [-0.2, -0.15) is 0 Å². The SMILES string of the molecule is CCC(C)C(NC)C(C)(C)CC. The van der Waals surface area contributed by atoms with E-state index < -0.39 is 0 Å². The first kappa shape index (κ1) is 12.0. The first-order valence-electron chi connectivity index (χ1n) is 5.16. The van der Waals surface area contributed by atoms with Gasteiger partial charge in [-0.3, -0.25) is 0 Å². The Kier molecular flexibility index (Phi) is 4.84. The summed E-state index contributed by atoms with van der Waals surface area (Å²) in [5.74, 6) is 0.768. The third-order valence-electron chi connectivity index (χ3n) is 3.28. The van der Waals surface area contributed by atoms with E-state index in [9.17, 15) is 0 Å². The Hall–Kier alpha value is -0.0400. The van der Waals surface area contributed by atoms with Crippen LogP contribution in [0.5, 0.6) is 0 Å². The first-order valence-corrected chi connectivity index (χ1v) is 5.16. The molecule has 1 nitrogen and oxygen atoms in total. The number of hydrogen-bond donors (Lipinski definition) is 1. The number of hydrogen-bond acceptors (Lipinski definition) is 1. The molecule has 0 amide bonds. The largest absolute Gasteiger partial charge is 0.316 e. The van der Waals surface area contributed by atoms with E-state index in [4.69, 9.17) is 0 Å². The Morgan fingerprint density at radius 2 is 1.75 bits per heavy atom. The van der Waals surface area contributed by atoms with Crippen molar-refractivity contribution in [1.82, 2.24) is 5.32 Å². The maximum absolute atomic E-state index is 3.44. The number of nitrogens with one attached hydrogen (secondary N) is 1. The summed E-state index contributed by atoms with van der Waals surface area (Å²) in [5, 5.41) is 3.44. The topological polar surface area (TPSA) is 12.0 Å². The lowest BCUT2D eigenvalue weighted by molar-refractivity contribution is 0.181. The van der Waals surface area contributed by atoms with Crippen LogP contribution in [0.25, 0.3) is 0 Å². The van der Waals surface area contributed by atoms with E-state index in [0.717, 1.165) is 5.92 Å². The van der Waals surface area contributed by atoms with Gasteiger partial charge in [0, 0.05) is 6.04 Å². The quantitative estimate of drug-likeness (QED) is 0.670. The molecule has 2 unspecified atom stereocenters. The van der Waals surface area contributed by atoms with Gasteiger partial charge in [0.25, 0.3) is 0 Å². The van der Waals surface area contributed by atoms with Gasteiger partial charge in [0.05, 0.1) is 0 Å². The summed E-state index contributed by atoms with van der Waals surface area (Å²) < 4.78 is 0. The molecule has 0 aromatic carbocycles. The molecule has 0 aromatic heterocycles. The van der Waals surface area contributed by atoms with Gasteiger partial charge >= 0.3 is 0 Å². The zero-order chi connectivity index (χ0) is 9.78. The molecule has 1 N–H and O–H groups in total. The van der Waals surface area contributed by atoms with E-state index >= 15 is 0 Å². The van der Waals surface area contributed by atoms with Crippen molar-refractivity contribution in [1.29, 1.82) is 0 Å². The second-order valence-electron chi connectivity index (χ2n) is 4.49. The van der Waals surface area contributed by atoms with Crippen LogP contribution in [0.15, 0.2) is 0 Å². The van der Waals surface area contributed by atoms with Crippen LogP contribution in [0.3, 0.4) is 0 Å². The second kappa shape index (κ2) is 4.86. The van der Waals surface area contributed by atoms with Gasteiger partial charge in [0.15, 0.2) is 0 Å². The Morgan fingerprint density at radius 3 is 2.00 bits per heavy atom. The minimum absolute atomic E-state index is 0.421. The Morgan fingerprint density at radius 1 is 1.25 bits per heavy atom. The summed E-state index contributed by atoms with van der Waals surface area (Å²) >= 11 is 0. The van der Waals surface area contributed by atoms with Crippen molar-refractivity contribution in [3.05, 3.63) is 0 Å². The monoisotopic (exact) mass is 171 g/mol. The first-order chi connectivity index (χ1) is 5.49. The highest BCUT2D eigenvalue weighted by molar-refractivity contribution is 4.85. The average Bonchev–Trinajstić information content (AvgIpc) is 2.05. The van der Waals surface area contributed by atoms with Crippen LogP contribution in [0.1, 0.15) is 47.5 Å². The van der Waals surface area contributed by atoms with Gasteiger partial charge < -0.3 is 5.32 Å². The fourth-order valence-electron chi connectivity index (χ4n) is 1.90. The van der Waals surface area contributed by atoms with Crippen LogP contribution in [0.4, 0.5) is 0 Å². The molecule has 0 aromatic rings. The van der Waals surface area contributed by atoms with E-state index in [1.54, 1.807) is 0 Å². The van der Waals surface area contributed by atoms with Crippen LogP contribution < -0.4 is 5.32 Å². The van der Waals surface area contributed by atoms with Crippen LogP contribution in [-0.2, 0) is 0 Å². The molecule has 1 heteroatoms. The Balaban J connectivity index is 4.32. The second-order valence-corrected chi connectivity index (χ2v) is 4.49. The fourth-order valence-corrected chi connectivity index (χ4v) is 1.90. The molecule has 74 valence electrons. The molecule has 0 rings (SSSR count). The lowest BCUT2D eigenvalue weighted by Gasteiger charge is -2.37. The average molecular weight is 171 g/mol. The van der Waals surface area contributed by atoms with E-state index in [1.807, 2.05) is 0 Å². The molecule has 0 radical (unpaired) electrons. The van der Waals surface area contributed by atoms with Crippen molar-refractivity contribution in [3.63, 3.8) is 0 Å². The third kappa shape index (κ3) is 2.78. The van der Waals surface area contributed by atoms with Crippen LogP contribution in [0, 0.1) is 11.3 Å². The molecule has 0 aliphatic carbocycles. The van der Waals surface area contributed by atoms with Crippen molar-refractivity contribution >= 4 is 0 Å². The lowest BCUT2D eigenvalue weighted by Crippen LogP contribution is -2.44. The molecule has 0 aliphatic rings.